The lowest BCUT2D eigenvalue weighted by Crippen LogP contribution is -2.45. The van der Waals surface area contributed by atoms with Gasteiger partial charge in [0.15, 0.2) is 0 Å². The predicted molar refractivity (Wildman–Crippen MR) is 52.4 cm³/mol. The molecule has 0 radical (unpaired) electrons. The van der Waals surface area contributed by atoms with E-state index in [1.165, 1.54) is 13.8 Å². The van der Waals surface area contributed by atoms with Crippen LogP contribution in [0.25, 0.3) is 0 Å². The molecule has 15 heavy (non-hydrogen) atoms. The van der Waals surface area contributed by atoms with Gasteiger partial charge in [0.25, 0.3) is 0 Å². The number of hydrogen-bond acceptors (Lipinski definition) is 4. The Bertz CT molecular complexity index is 348. The molecule has 0 spiro atoms. The van der Waals surface area contributed by atoms with E-state index in [2.05, 4.69) is 0 Å². The second-order valence-corrected chi connectivity index (χ2v) is 5.54. The summed E-state index contributed by atoms with van der Waals surface area (Å²) in [5, 5.41) is 7.86. The molecule has 0 fully saturated rings. The minimum absolute atomic E-state index is 0.568. The van der Waals surface area contributed by atoms with E-state index in [9.17, 15) is 18.0 Å². The molecule has 1 atom stereocenters. The zero-order chi connectivity index (χ0) is 12.2. The summed E-state index contributed by atoms with van der Waals surface area (Å²) in [5.41, 5.74) is 4.79. The first-order chi connectivity index (χ1) is 6.66. The van der Waals surface area contributed by atoms with Gasteiger partial charge in [-0.05, 0) is 13.8 Å². The van der Waals surface area contributed by atoms with Crippen molar-refractivity contribution in [3.05, 3.63) is 0 Å². The Morgan fingerprint density at radius 2 is 1.87 bits per heavy atom. The number of hydrogen-bond donors (Lipinski definition) is 3. The summed E-state index contributed by atoms with van der Waals surface area (Å²) in [6.07, 6.45) is -0.568. The third-order valence-electron chi connectivity index (χ3n) is 1.63. The van der Waals surface area contributed by atoms with E-state index in [-0.39, 0.29) is 0 Å². The predicted octanol–water partition coefficient (Wildman–Crippen LogP) is -1.36. The standard InChI is InChI=1S/C7H14N2O5S/c1-4(2)15(13,14)9-5(7(11)12)3-6(8)10/h4-5,9H,3H2,1-2H3,(H2,8,10)(H,11,12)/t5-/m1/s1. The van der Waals surface area contributed by atoms with Gasteiger partial charge in [-0.1, -0.05) is 0 Å². The number of carbonyl (C=O) groups is 2. The molecule has 0 aromatic carbocycles. The topological polar surface area (TPSA) is 127 Å². The molecule has 0 heterocycles. The molecular formula is C7H14N2O5S. The Kier molecular flexibility index (Phi) is 4.69. The van der Waals surface area contributed by atoms with Crippen LogP contribution in [0, 0.1) is 0 Å². The molecule has 1 amide bonds. The van der Waals surface area contributed by atoms with E-state index in [0.717, 1.165) is 0 Å². The first-order valence-electron chi connectivity index (χ1n) is 4.19. The Balaban J connectivity index is 4.70. The molecule has 0 saturated heterocycles. The van der Waals surface area contributed by atoms with Crippen molar-refractivity contribution in [1.82, 2.24) is 4.72 Å². The van der Waals surface area contributed by atoms with Crippen LogP contribution >= 0.6 is 0 Å². The fraction of sp³-hybridized carbons (Fsp3) is 0.714. The molecule has 7 nitrogen and oxygen atoms in total. The Hall–Kier alpha value is -1.15. The molecule has 0 rings (SSSR count). The van der Waals surface area contributed by atoms with E-state index >= 15 is 0 Å². The summed E-state index contributed by atoms with van der Waals surface area (Å²) in [5.74, 6) is -2.31. The number of carbonyl (C=O) groups excluding carboxylic acids is 1. The lowest BCUT2D eigenvalue weighted by molar-refractivity contribution is -0.140. The van der Waals surface area contributed by atoms with Crippen LogP contribution in [-0.2, 0) is 19.6 Å². The second-order valence-electron chi connectivity index (χ2n) is 3.27. The van der Waals surface area contributed by atoms with E-state index in [0.29, 0.717) is 0 Å². The van der Waals surface area contributed by atoms with Crippen LogP contribution < -0.4 is 10.5 Å². The van der Waals surface area contributed by atoms with Crippen LogP contribution in [0.1, 0.15) is 20.3 Å². The van der Waals surface area contributed by atoms with Gasteiger partial charge in [-0.15, -0.1) is 0 Å². The summed E-state index contributed by atoms with van der Waals surface area (Å²) >= 11 is 0. The van der Waals surface area contributed by atoms with Crippen LogP contribution in [-0.4, -0.2) is 36.7 Å². The molecule has 0 bridgehead atoms. The normalized spacial score (nSPS) is 13.8. The fourth-order valence-corrected chi connectivity index (χ4v) is 1.57. The summed E-state index contributed by atoms with van der Waals surface area (Å²) < 4.78 is 24.5. The van der Waals surface area contributed by atoms with Crippen molar-refractivity contribution < 1.29 is 23.1 Å². The van der Waals surface area contributed by atoms with Gasteiger partial charge in [0.1, 0.15) is 6.04 Å². The maximum Gasteiger partial charge on any atom is 0.322 e. The molecule has 4 N–H and O–H groups in total. The number of amides is 1. The molecule has 0 unspecified atom stereocenters. The van der Waals surface area contributed by atoms with Gasteiger partial charge in [0, 0.05) is 0 Å². The first kappa shape index (κ1) is 13.8. The minimum atomic E-state index is -3.73. The maximum absolute atomic E-state index is 11.3. The molecule has 0 aliphatic carbocycles. The van der Waals surface area contributed by atoms with Gasteiger partial charge in [-0.2, -0.15) is 0 Å². The van der Waals surface area contributed by atoms with Crippen molar-refractivity contribution >= 4 is 21.9 Å². The summed E-state index contributed by atoms with van der Waals surface area (Å²) in [4.78, 5) is 21.1. The average Bonchev–Trinajstić information content (AvgIpc) is 2.01. The van der Waals surface area contributed by atoms with Crippen LogP contribution in [0.4, 0.5) is 0 Å². The molecule has 88 valence electrons. The van der Waals surface area contributed by atoms with Gasteiger partial charge in [0.2, 0.25) is 15.9 Å². The smallest absolute Gasteiger partial charge is 0.322 e. The Morgan fingerprint density at radius 3 is 2.13 bits per heavy atom. The summed E-state index contributed by atoms with van der Waals surface area (Å²) in [6, 6.07) is -1.50. The van der Waals surface area contributed by atoms with Crippen molar-refractivity contribution in [2.45, 2.75) is 31.6 Å². The van der Waals surface area contributed by atoms with Crippen LogP contribution in [0.2, 0.25) is 0 Å². The Morgan fingerprint density at radius 1 is 1.40 bits per heavy atom. The number of aliphatic carboxylic acids is 1. The van der Waals surface area contributed by atoms with E-state index in [4.69, 9.17) is 10.8 Å². The lowest BCUT2D eigenvalue weighted by atomic mass is 10.2. The number of sulfonamides is 1. The summed E-state index contributed by atoms with van der Waals surface area (Å²) in [6.45, 7) is 2.79. The van der Waals surface area contributed by atoms with Crippen LogP contribution in [0.15, 0.2) is 0 Å². The Labute approximate surface area is 87.7 Å². The SMILES string of the molecule is CC(C)S(=O)(=O)N[C@H](CC(N)=O)C(=O)O. The number of rotatable bonds is 6. The quantitative estimate of drug-likeness (QED) is 0.527. The zero-order valence-electron chi connectivity index (χ0n) is 8.43. The first-order valence-corrected chi connectivity index (χ1v) is 5.73. The number of primary amides is 1. The zero-order valence-corrected chi connectivity index (χ0v) is 9.24. The highest BCUT2D eigenvalue weighted by Gasteiger charge is 2.27. The molecule has 0 aromatic heterocycles. The van der Waals surface area contributed by atoms with Gasteiger partial charge in [0.05, 0.1) is 11.7 Å². The van der Waals surface area contributed by atoms with Gasteiger partial charge >= 0.3 is 5.97 Å². The third kappa shape index (κ3) is 4.75. The van der Waals surface area contributed by atoms with E-state index < -0.39 is 39.6 Å². The van der Waals surface area contributed by atoms with Gasteiger partial charge in [-0.25, -0.2) is 13.1 Å². The molecule has 0 aliphatic rings. The molecule has 0 saturated carbocycles. The maximum atomic E-state index is 11.3. The van der Waals surface area contributed by atoms with Crippen molar-refractivity contribution in [2.24, 2.45) is 5.73 Å². The highest BCUT2D eigenvalue weighted by atomic mass is 32.2. The van der Waals surface area contributed by atoms with E-state index in [1.54, 1.807) is 0 Å². The van der Waals surface area contributed by atoms with E-state index in [1.807, 2.05) is 4.72 Å². The van der Waals surface area contributed by atoms with Gasteiger partial charge in [-0.3, -0.25) is 9.59 Å². The van der Waals surface area contributed by atoms with Crippen molar-refractivity contribution in [3.63, 3.8) is 0 Å². The van der Waals surface area contributed by atoms with Crippen molar-refractivity contribution in [3.8, 4) is 0 Å². The average molecular weight is 238 g/mol. The minimum Gasteiger partial charge on any atom is -0.480 e. The lowest BCUT2D eigenvalue weighted by Gasteiger charge is -2.14. The van der Waals surface area contributed by atoms with Gasteiger partial charge < -0.3 is 10.8 Å². The number of nitrogens with two attached hydrogens (primary N) is 1. The van der Waals surface area contributed by atoms with Crippen LogP contribution in [0.5, 0.6) is 0 Å². The second kappa shape index (κ2) is 5.08. The highest BCUT2D eigenvalue weighted by molar-refractivity contribution is 7.90. The van der Waals surface area contributed by atoms with Crippen LogP contribution in [0.3, 0.4) is 0 Å². The highest BCUT2D eigenvalue weighted by Crippen LogP contribution is 2.01. The number of nitrogens with one attached hydrogen (secondary N) is 1. The van der Waals surface area contributed by atoms with Crippen molar-refractivity contribution in [2.75, 3.05) is 0 Å². The van der Waals surface area contributed by atoms with Crippen molar-refractivity contribution in [1.29, 1.82) is 0 Å². The number of carboxylic acids is 1. The molecule has 8 heteroatoms. The fourth-order valence-electron chi connectivity index (χ4n) is 0.715. The molecule has 0 aromatic rings. The largest absolute Gasteiger partial charge is 0.480 e. The number of carboxylic acid groups (broad SMARTS) is 1. The molecular weight excluding hydrogens is 224 g/mol. The summed E-state index contributed by atoms with van der Waals surface area (Å²) in [7, 11) is -3.73. The third-order valence-corrected chi connectivity index (χ3v) is 3.48. The molecule has 0 aliphatic heterocycles. The monoisotopic (exact) mass is 238 g/mol.